The Morgan fingerprint density at radius 1 is 1.28 bits per heavy atom. The Labute approximate surface area is 149 Å². The maximum absolute atomic E-state index is 9.72. The van der Waals surface area contributed by atoms with Crippen molar-refractivity contribution in [2.24, 2.45) is 0 Å². The smallest absolute Gasteiger partial charge is 0.140 e. The van der Waals surface area contributed by atoms with Crippen LogP contribution in [0.2, 0.25) is 0 Å². The normalized spacial score (nSPS) is 18.2. The maximum Gasteiger partial charge on any atom is 0.140 e. The van der Waals surface area contributed by atoms with Crippen LogP contribution in [-0.4, -0.2) is 6.61 Å². The molecule has 1 aliphatic heterocycles. The second kappa shape index (κ2) is 6.64. The zero-order valence-electron chi connectivity index (χ0n) is 15.1. The first-order chi connectivity index (χ1) is 12.0. The SMILES string of the molecule is C=C(CC)C1(C#N)COc2cc(OCc3ccc(C)cc3C)ccc21. The Balaban J connectivity index is 1.81. The monoisotopic (exact) mass is 333 g/mol. The standard InChI is InChI=1S/C22H23NO2/c1-5-17(4)22(13-23)14-25-21-11-19(8-9-20(21)22)24-12-18-7-6-15(2)10-16(18)3/h6-11H,4-5,12,14H2,1-3H3. The van der Waals surface area contributed by atoms with Crippen LogP contribution in [-0.2, 0) is 12.0 Å². The number of hydrogen-bond donors (Lipinski definition) is 0. The lowest BCUT2D eigenvalue weighted by Crippen LogP contribution is -2.27. The highest BCUT2D eigenvalue weighted by molar-refractivity contribution is 5.56. The molecule has 0 amide bonds. The number of fused-ring (bicyclic) bond motifs is 1. The average Bonchev–Trinajstić information content (AvgIpc) is 2.99. The fraction of sp³-hybridized carbons (Fsp3) is 0.318. The van der Waals surface area contributed by atoms with E-state index < -0.39 is 5.41 Å². The third-order valence-corrected chi connectivity index (χ3v) is 4.97. The van der Waals surface area contributed by atoms with Crippen LogP contribution in [0.25, 0.3) is 0 Å². The molecular formula is C22H23NO2. The van der Waals surface area contributed by atoms with Crippen molar-refractivity contribution in [1.82, 2.24) is 0 Å². The second-order valence-corrected chi connectivity index (χ2v) is 6.64. The van der Waals surface area contributed by atoms with Crippen molar-refractivity contribution in [3.8, 4) is 17.6 Å². The zero-order chi connectivity index (χ0) is 18.0. The van der Waals surface area contributed by atoms with Gasteiger partial charge < -0.3 is 9.47 Å². The summed E-state index contributed by atoms with van der Waals surface area (Å²) in [4.78, 5) is 0. The van der Waals surface area contributed by atoms with Gasteiger partial charge in [-0.25, -0.2) is 0 Å². The Morgan fingerprint density at radius 3 is 2.76 bits per heavy atom. The molecule has 0 saturated heterocycles. The molecule has 0 radical (unpaired) electrons. The molecule has 3 nitrogen and oxygen atoms in total. The minimum absolute atomic E-state index is 0.325. The summed E-state index contributed by atoms with van der Waals surface area (Å²) < 4.78 is 11.7. The highest BCUT2D eigenvalue weighted by atomic mass is 16.5. The Bertz CT molecular complexity index is 863. The lowest BCUT2D eigenvalue weighted by atomic mass is 9.76. The van der Waals surface area contributed by atoms with Crippen LogP contribution in [0.4, 0.5) is 0 Å². The number of nitrogens with zero attached hydrogens (tertiary/aromatic N) is 1. The van der Waals surface area contributed by atoms with Crippen LogP contribution in [0.5, 0.6) is 11.5 Å². The number of ether oxygens (including phenoxy) is 2. The molecule has 1 heterocycles. The fourth-order valence-electron chi connectivity index (χ4n) is 3.26. The van der Waals surface area contributed by atoms with Crippen molar-refractivity contribution in [2.45, 2.75) is 39.2 Å². The highest BCUT2D eigenvalue weighted by Gasteiger charge is 2.43. The van der Waals surface area contributed by atoms with Crippen LogP contribution in [0.3, 0.4) is 0 Å². The van der Waals surface area contributed by atoms with Gasteiger partial charge in [0.2, 0.25) is 0 Å². The molecule has 3 heteroatoms. The van der Waals surface area contributed by atoms with E-state index in [0.717, 1.165) is 28.9 Å². The number of rotatable bonds is 5. The van der Waals surface area contributed by atoms with E-state index in [1.165, 1.54) is 11.1 Å². The molecule has 128 valence electrons. The van der Waals surface area contributed by atoms with Crippen LogP contribution in [0.1, 0.15) is 35.6 Å². The average molecular weight is 333 g/mol. The third-order valence-electron chi connectivity index (χ3n) is 4.97. The Hall–Kier alpha value is -2.73. The number of aryl methyl sites for hydroxylation is 2. The van der Waals surface area contributed by atoms with E-state index in [9.17, 15) is 5.26 Å². The number of hydrogen-bond acceptors (Lipinski definition) is 3. The van der Waals surface area contributed by atoms with E-state index in [1.807, 2.05) is 25.1 Å². The molecule has 3 rings (SSSR count). The maximum atomic E-state index is 9.72. The van der Waals surface area contributed by atoms with Gasteiger partial charge >= 0.3 is 0 Å². The summed E-state index contributed by atoms with van der Waals surface area (Å²) in [5.41, 5.74) is 4.67. The molecule has 0 aromatic heterocycles. The molecule has 25 heavy (non-hydrogen) atoms. The first kappa shape index (κ1) is 17.1. The van der Waals surface area contributed by atoms with E-state index in [-0.39, 0.29) is 0 Å². The molecule has 1 aliphatic rings. The molecule has 0 fully saturated rings. The van der Waals surface area contributed by atoms with Gasteiger partial charge in [0.15, 0.2) is 0 Å². The molecule has 1 atom stereocenters. The van der Waals surface area contributed by atoms with E-state index in [1.54, 1.807) is 0 Å². The first-order valence-corrected chi connectivity index (χ1v) is 8.56. The molecule has 0 bridgehead atoms. The summed E-state index contributed by atoms with van der Waals surface area (Å²) in [5.74, 6) is 1.46. The Morgan fingerprint density at radius 2 is 2.08 bits per heavy atom. The van der Waals surface area contributed by atoms with Crippen molar-refractivity contribution in [3.05, 3.63) is 70.8 Å². The number of benzene rings is 2. The zero-order valence-corrected chi connectivity index (χ0v) is 15.1. The van der Waals surface area contributed by atoms with Crippen molar-refractivity contribution < 1.29 is 9.47 Å². The third kappa shape index (κ3) is 3.00. The molecular weight excluding hydrogens is 310 g/mol. The van der Waals surface area contributed by atoms with Crippen LogP contribution in [0.15, 0.2) is 48.6 Å². The van der Waals surface area contributed by atoms with Gasteiger partial charge in [-0.1, -0.05) is 37.3 Å². The summed E-state index contributed by atoms with van der Waals surface area (Å²) in [6.45, 7) is 11.1. The minimum Gasteiger partial charge on any atom is -0.491 e. The quantitative estimate of drug-likeness (QED) is 0.723. The Kier molecular flexibility index (Phi) is 4.55. The highest BCUT2D eigenvalue weighted by Crippen LogP contribution is 2.45. The van der Waals surface area contributed by atoms with Crippen LogP contribution in [0, 0.1) is 25.2 Å². The minimum atomic E-state index is -0.740. The van der Waals surface area contributed by atoms with Gasteiger partial charge in [0.05, 0.1) is 6.07 Å². The first-order valence-electron chi connectivity index (χ1n) is 8.56. The van der Waals surface area contributed by atoms with Crippen molar-refractivity contribution in [3.63, 3.8) is 0 Å². The van der Waals surface area contributed by atoms with Gasteiger partial charge in [-0.2, -0.15) is 5.26 Å². The van der Waals surface area contributed by atoms with E-state index in [0.29, 0.717) is 19.0 Å². The second-order valence-electron chi connectivity index (χ2n) is 6.64. The predicted octanol–water partition coefficient (Wildman–Crippen LogP) is 5.00. The van der Waals surface area contributed by atoms with E-state index in [4.69, 9.17) is 9.47 Å². The predicted molar refractivity (Wildman–Crippen MR) is 98.9 cm³/mol. The molecule has 0 N–H and O–H groups in total. The topological polar surface area (TPSA) is 42.2 Å². The molecule has 2 aromatic carbocycles. The summed E-state index contributed by atoms with van der Waals surface area (Å²) in [5, 5.41) is 9.72. The fourth-order valence-corrected chi connectivity index (χ4v) is 3.26. The molecule has 2 aromatic rings. The van der Waals surface area contributed by atoms with E-state index >= 15 is 0 Å². The summed E-state index contributed by atoms with van der Waals surface area (Å²) in [6.07, 6.45) is 0.751. The largest absolute Gasteiger partial charge is 0.491 e. The van der Waals surface area contributed by atoms with E-state index in [2.05, 4.69) is 44.7 Å². The van der Waals surface area contributed by atoms with Gasteiger partial charge in [0.1, 0.15) is 30.1 Å². The molecule has 1 unspecified atom stereocenters. The van der Waals surface area contributed by atoms with Crippen molar-refractivity contribution >= 4 is 0 Å². The van der Waals surface area contributed by atoms with Gasteiger partial charge in [0.25, 0.3) is 0 Å². The molecule has 0 aliphatic carbocycles. The summed E-state index contributed by atoms with van der Waals surface area (Å²) in [6, 6.07) is 14.5. The van der Waals surface area contributed by atoms with Crippen LogP contribution < -0.4 is 9.47 Å². The summed E-state index contributed by atoms with van der Waals surface area (Å²) in [7, 11) is 0. The molecule has 0 spiro atoms. The summed E-state index contributed by atoms with van der Waals surface area (Å²) >= 11 is 0. The lowest BCUT2D eigenvalue weighted by molar-refractivity contribution is 0.297. The van der Waals surface area contributed by atoms with Gasteiger partial charge in [-0.3, -0.25) is 0 Å². The number of nitriles is 1. The van der Waals surface area contributed by atoms with Crippen LogP contribution >= 0.6 is 0 Å². The van der Waals surface area contributed by atoms with Crippen molar-refractivity contribution in [2.75, 3.05) is 6.61 Å². The van der Waals surface area contributed by atoms with Gasteiger partial charge in [-0.05, 0) is 49.1 Å². The van der Waals surface area contributed by atoms with Gasteiger partial charge in [-0.15, -0.1) is 0 Å². The van der Waals surface area contributed by atoms with Gasteiger partial charge in [0, 0.05) is 11.6 Å². The lowest BCUT2D eigenvalue weighted by Gasteiger charge is -2.21. The molecule has 0 saturated carbocycles. The van der Waals surface area contributed by atoms with Crippen molar-refractivity contribution in [1.29, 1.82) is 5.26 Å².